The van der Waals surface area contributed by atoms with E-state index in [-0.39, 0.29) is 0 Å². The van der Waals surface area contributed by atoms with Crippen molar-refractivity contribution in [2.24, 2.45) is 5.10 Å². The molecule has 0 aliphatic carbocycles. The summed E-state index contributed by atoms with van der Waals surface area (Å²) >= 11 is 11.0. The van der Waals surface area contributed by atoms with Crippen LogP contribution in [0.2, 0.25) is 5.02 Å². The minimum atomic E-state index is 0.395. The van der Waals surface area contributed by atoms with Gasteiger partial charge in [0, 0.05) is 10.6 Å². The van der Waals surface area contributed by atoms with Gasteiger partial charge in [-0.2, -0.15) is 5.10 Å². The average Bonchev–Trinajstić information content (AvgIpc) is 3.25. The predicted molar refractivity (Wildman–Crippen MR) is 98.0 cm³/mol. The first kappa shape index (κ1) is 16.3. The van der Waals surface area contributed by atoms with Crippen molar-refractivity contribution in [1.82, 2.24) is 10.7 Å². The Morgan fingerprint density at radius 2 is 2.00 bits per heavy atom. The van der Waals surface area contributed by atoms with Crippen molar-refractivity contribution in [2.75, 3.05) is 0 Å². The molecule has 0 spiro atoms. The summed E-state index contributed by atoms with van der Waals surface area (Å²) in [4.78, 5) is 0. The zero-order valence-corrected chi connectivity index (χ0v) is 14.1. The maximum Gasteiger partial charge on any atom is 0.187 e. The van der Waals surface area contributed by atoms with Crippen LogP contribution in [0.25, 0.3) is 11.3 Å². The molecule has 0 fully saturated rings. The molecular weight excluding hydrogens is 346 g/mol. The number of rotatable bonds is 5. The van der Waals surface area contributed by atoms with E-state index in [1.165, 1.54) is 0 Å². The molecule has 3 rings (SSSR count). The number of halogens is 1. The van der Waals surface area contributed by atoms with Gasteiger partial charge in [-0.3, -0.25) is 5.43 Å². The molecule has 2 heterocycles. The van der Waals surface area contributed by atoms with Gasteiger partial charge in [-0.15, -0.1) is 0 Å². The highest BCUT2D eigenvalue weighted by Gasteiger charge is 2.03. The summed E-state index contributed by atoms with van der Waals surface area (Å²) in [5.74, 6) is 2.15. The summed E-state index contributed by atoms with van der Waals surface area (Å²) < 4.78 is 10.9. The maximum absolute atomic E-state index is 5.88. The van der Waals surface area contributed by atoms with Crippen LogP contribution in [0.1, 0.15) is 11.5 Å². The van der Waals surface area contributed by atoms with Crippen LogP contribution in [0.4, 0.5) is 0 Å². The van der Waals surface area contributed by atoms with Crippen LogP contribution < -0.4 is 10.7 Å². The van der Waals surface area contributed by atoms with E-state index in [0.717, 1.165) is 17.1 Å². The van der Waals surface area contributed by atoms with Gasteiger partial charge < -0.3 is 14.2 Å². The molecule has 0 aliphatic heterocycles. The standard InChI is InChI=1S/C17H14ClN3O2S/c18-13-5-3-12(4-6-13)16-8-7-15(23-16)11-20-21-17(24)19-10-14-2-1-9-22-14/h1-9,11H,10H2,(H2,19,21,24)/b20-11-. The Bertz CT molecular complexity index is 826. The Morgan fingerprint density at radius 1 is 1.17 bits per heavy atom. The number of furan rings is 2. The lowest BCUT2D eigenvalue weighted by molar-refractivity contribution is 0.502. The van der Waals surface area contributed by atoms with Crippen LogP contribution in [0.5, 0.6) is 0 Å². The molecule has 0 saturated carbocycles. The van der Waals surface area contributed by atoms with Gasteiger partial charge in [0.2, 0.25) is 0 Å². The van der Waals surface area contributed by atoms with Crippen molar-refractivity contribution >= 4 is 35.1 Å². The first-order valence-electron chi connectivity index (χ1n) is 7.16. The van der Waals surface area contributed by atoms with Gasteiger partial charge in [0.1, 0.15) is 17.3 Å². The summed E-state index contributed by atoms with van der Waals surface area (Å²) in [5.41, 5.74) is 3.67. The van der Waals surface area contributed by atoms with Gasteiger partial charge in [0.25, 0.3) is 0 Å². The third-order valence-corrected chi connectivity index (χ3v) is 3.60. The number of nitrogens with one attached hydrogen (secondary N) is 2. The molecule has 2 aromatic heterocycles. The van der Waals surface area contributed by atoms with Crippen molar-refractivity contribution in [3.63, 3.8) is 0 Å². The molecule has 1 aromatic carbocycles. The number of hydrazone groups is 1. The van der Waals surface area contributed by atoms with Gasteiger partial charge in [0.05, 0.1) is 19.0 Å². The van der Waals surface area contributed by atoms with Crippen LogP contribution in [0.15, 0.2) is 68.7 Å². The van der Waals surface area contributed by atoms with Crippen molar-refractivity contribution < 1.29 is 8.83 Å². The second kappa shape index (κ2) is 7.81. The summed E-state index contributed by atoms with van der Waals surface area (Å²) in [6, 6.07) is 14.8. The largest absolute Gasteiger partial charge is 0.467 e. The van der Waals surface area contributed by atoms with E-state index in [4.69, 9.17) is 32.7 Å². The van der Waals surface area contributed by atoms with Crippen LogP contribution in [0, 0.1) is 0 Å². The number of nitrogens with zero attached hydrogens (tertiary/aromatic N) is 1. The van der Waals surface area contributed by atoms with Gasteiger partial charge in [-0.25, -0.2) is 0 Å². The van der Waals surface area contributed by atoms with Crippen LogP contribution >= 0.6 is 23.8 Å². The highest BCUT2D eigenvalue weighted by molar-refractivity contribution is 7.80. The van der Waals surface area contributed by atoms with Crippen LogP contribution in [0.3, 0.4) is 0 Å². The second-order valence-electron chi connectivity index (χ2n) is 4.84. The minimum absolute atomic E-state index is 0.395. The lowest BCUT2D eigenvalue weighted by atomic mass is 10.2. The number of hydrogen-bond acceptors (Lipinski definition) is 4. The molecule has 0 atom stereocenters. The van der Waals surface area contributed by atoms with E-state index in [0.29, 0.717) is 22.4 Å². The number of benzene rings is 1. The normalized spacial score (nSPS) is 10.9. The topological polar surface area (TPSA) is 62.7 Å². The summed E-state index contributed by atoms with van der Waals surface area (Å²) in [6.45, 7) is 0.496. The van der Waals surface area contributed by atoms with Crippen LogP contribution in [-0.4, -0.2) is 11.3 Å². The summed E-state index contributed by atoms with van der Waals surface area (Å²) in [6.07, 6.45) is 3.17. The molecule has 3 aromatic rings. The molecular formula is C17H14ClN3O2S. The average molecular weight is 360 g/mol. The van der Waals surface area contributed by atoms with Gasteiger partial charge in [-0.1, -0.05) is 11.6 Å². The fourth-order valence-electron chi connectivity index (χ4n) is 1.97. The lowest BCUT2D eigenvalue weighted by Crippen LogP contribution is -2.31. The molecule has 7 heteroatoms. The molecule has 2 N–H and O–H groups in total. The minimum Gasteiger partial charge on any atom is -0.467 e. The van der Waals surface area contributed by atoms with E-state index in [1.807, 2.05) is 48.5 Å². The van der Waals surface area contributed by atoms with Gasteiger partial charge in [-0.05, 0) is 60.7 Å². The van der Waals surface area contributed by atoms with Crippen molar-refractivity contribution in [2.45, 2.75) is 6.54 Å². The number of thiocarbonyl (C=S) groups is 1. The molecule has 0 radical (unpaired) electrons. The smallest absolute Gasteiger partial charge is 0.187 e. The Hall–Kier alpha value is -2.57. The maximum atomic E-state index is 5.88. The SMILES string of the molecule is S=C(NCc1ccco1)N/N=C\c1ccc(-c2ccc(Cl)cc2)o1. The fourth-order valence-corrected chi connectivity index (χ4v) is 2.22. The molecule has 24 heavy (non-hydrogen) atoms. The highest BCUT2D eigenvalue weighted by Crippen LogP contribution is 2.23. The Kier molecular flexibility index (Phi) is 5.30. The van der Waals surface area contributed by atoms with Crippen molar-refractivity contribution in [3.05, 3.63) is 71.3 Å². The predicted octanol–water partition coefficient (Wildman–Crippen LogP) is 4.19. The van der Waals surface area contributed by atoms with Crippen molar-refractivity contribution in [1.29, 1.82) is 0 Å². The van der Waals surface area contributed by atoms with E-state index >= 15 is 0 Å². The Labute approximate surface area is 149 Å². The van der Waals surface area contributed by atoms with E-state index < -0.39 is 0 Å². The molecule has 5 nitrogen and oxygen atoms in total. The van der Waals surface area contributed by atoms with E-state index in [2.05, 4.69) is 15.8 Å². The zero-order chi connectivity index (χ0) is 16.8. The summed E-state index contributed by atoms with van der Waals surface area (Å²) in [7, 11) is 0. The Balaban J connectivity index is 1.51. The third-order valence-electron chi connectivity index (χ3n) is 3.12. The highest BCUT2D eigenvalue weighted by atomic mass is 35.5. The van der Waals surface area contributed by atoms with Crippen molar-refractivity contribution in [3.8, 4) is 11.3 Å². The first-order chi connectivity index (χ1) is 11.7. The molecule has 0 unspecified atom stereocenters. The zero-order valence-electron chi connectivity index (χ0n) is 12.5. The van der Waals surface area contributed by atoms with Gasteiger partial charge in [0.15, 0.2) is 5.11 Å². The molecule has 0 bridgehead atoms. The molecule has 0 saturated heterocycles. The van der Waals surface area contributed by atoms with Crippen LogP contribution in [-0.2, 0) is 6.54 Å². The fraction of sp³-hybridized carbons (Fsp3) is 0.0588. The first-order valence-corrected chi connectivity index (χ1v) is 7.94. The molecule has 0 amide bonds. The lowest BCUT2D eigenvalue weighted by Gasteiger charge is -2.04. The summed E-state index contributed by atoms with van der Waals surface area (Å²) in [5, 5.41) is 8.10. The number of hydrogen-bond donors (Lipinski definition) is 2. The third kappa shape index (κ3) is 4.47. The monoisotopic (exact) mass is 359 g/mol. The van der Waals surface area contributed by atoms with E-state index in [9.17, 15) is 0 Å². The Morgan fingerprint density at radius 3 is 2.75 bits per heavy atom. The van der Waals surface area contributed by atoms with Gasteiger partial charge >= 0.3 is 0 Å². The second-order valence-corrected chi connectivity index (χ2v) is 5.69. The quantitative estimate of drug-likeness (QED) is 0.406. The van der Waals surface area contributed by atoms with E-state index in [1.54, 1.807) is 12.5 Å². The molecule has 122 valence electrons. The molecule has 0 aliphatic rings.